The van der Waals surface area contributed by atoms with Gasteiger partial charge in [-0.05, 0) is 74.0 Å². The topological polar surface area (TPSA) is 82.1 Å². The Morgan fingerprint density at radius 2 is 1.18 bits per heavy atom. The highest BCUT2D eigenvalue weighted by Gasteiger charge is 2.43. The van der Waals surface area contributed by atoms with E-state index in [4.69, 9.17) is 14.2 Å². The summed E-state index contributed by atoms with van der Waals surface area (Å²) in [7, 11) is 0. The van der Waals surface area contributed by atoms with E-state index in [2.05, 4.69) is 36.5 Å². The van der Waals surface area contributed by atoms with E-state index in [1.54, 1.807) is 0 Å². The fourth-order valence-corrected chi connectivity index (χ4v) is 7.37. The van der Waals surface area contributed by atoms with Gasteiger partial charge >= 0.3 is 11.9 Å². The van der Waals surface area contributed by atoms with E-state index < -0.39 is 6.29 Å². The van der Waals surface area contributed by atoms with Gasteiger partial charge in [0, 0.05) is 5.92 Å². The van der Waals surface area contributed by atoms with Gasteiger partial charge in [-0.25, -0.2) is 0 Å². The molecule has 0 aromatic rings. The molecule has 0 saturated heterocycles. The number of allylic oxidation sites excluding steroid dienone is 6. The Balaban J connectivity index is 1.02. The zero-order valence-corrected chi connectivity index (χ0v) is 19.7. The molecule has 3 fully saturated rings. The highest BCUT2D eigenvalue weighted by atomic mass is 16.6. The van der Waals surface area contributed by atoms with Crippen LogP contribution in [0.5, 0.6) is 0 Å². The minimum Gasteiger partial charge on any atom is -0.465 e. The molecule has 0 aromatic carbocycles. The van der Waals surface area contributed by atoms with Crippen molar-refractivity contribution in [3.05, 3.63) is 36.5 Å². The van der Waals surface area contributed by atoms with Gasteiger partial charge in [0.1, 0.15) is 0 Å². The second-order valence-corrected chi connectivity index (χ2v) is 11.6. The minimum atomic E-state index is -0.847. The summed E-state index contributed by atoms with van der Waals surface area (Å²) in [5.41, 5.74) is 0. The first-order chi connectivity index (χ1) is 16.5. The molecular weight excluding hydrogens is 432 g/mol. The molecule has 6 nitrogen and oxygen atoms in total. The van der Waals surface area contributed by atoms with Crippen LogP contribution in [0.25, 0.3) is 0 Å². The zero-order valence-electron chi connectivity index (χ0n) is 19.7. The Morgan fingerprint density at radius 1 is 0.676 bits per heavy atom. The van der Waals surface area contributed by atoms with E-state index in [0.717, 1.165) is 38.5 Å². The summed E-state index contributed by atoms with van der Waals surface area (Å²) in [6.45, 7) is 0.486. The molecule has 0 amide bonds. The van der Waals surface area contributed by atoms with Crippen LogP contribution in [-0.2, 0) is 23.8 Å². The molecule has 0 spiro atoms. The van der Waals surface area contributed by atoms with Gasteiger partial charge in [0.2, 0.25) is 0 Å². The standard InChI is InChI=1S/C28H36O6/c29-26(23-10-16-1-4-20(23)7-16)32-13-19(14-33-27(30)24-11-17-2-5-21(24)8-17)15-34-28(31)25-12-18-3-6-22(25)9-18/h1-6,16-26,29H,7-15H2. The Hall–Kier alpha value is -1.92. The van der Waals surface area contributed by atoms with E-state index >= 15 is 0 Å². The first-order valence-electron chi connectivity index (χ1n) is 13.2. The molecule has 10 atom stereocenters. The van der Waals surface area contributed by atoms with Crippen LogP contribution in [0.4, 0.5) is 0 Å². The monoisotopic (exact) mass is 468 g/mol. The molecule has 10 unspecified atom stereocenters. The normalized spacial score (nSPS) is 42.0. The highest BCUT2D eigenvalue weighted by Crippen LogP contribution is 2.46. The maximum Gasteiger partial charge on any atom is 0.309 e. The summed E-state index contributed by atoms with van der Waals surface area (Å²) in [5.74, 6) is 1.90. The van der Waals surface area contributed by atoms with E-state index in [1.807, 2.05) is 0 Å². The third-order valence-electron chi connectivity index (χ3n) is 9.29. The van der Waals surface area contributed by atoms with Crippen molar-refractivity contribution >= 4 is 11.9 Å². The summed E-state index contributed by atoms with van der Waals surface area (Å²) in [5, 5.41) is 10.7. The van der Waals surface area contributed by atoms with E-state index in [-0.39, 0.29) is 55.4 Å². The molecule has 0 aromatic heterocycles. The molecular formula is C28H36O6. The second-order valence-electron chi connectivity index (χ2n) is 11.6. The molecule has 0 heterocycles. The number of carbonyl (C=O) groups excluding carboxylic acids is 2. The lowest BCUT2D eigenvalue weighted by atomic mass is 9.93. The summed E-state index contributed by atoms with van der Waals surface area (Å²) in [6.07, 6.45) is 18.2. The molecule has 6 rings (SSSR count). The predicted molar refractivity (Wildman–Crippen MR) is 124 cm³/mol. The van der Waals surface area contributed by atoms with Gasteiger partial charge in [0.05, 0.1) is 37.6 Å². The van der Waals surface area contributed by atoms with Crippen molar-refractivity contribution in [2.24, 2.45) is 59.2 Å². The SMILES string of the molecule is O=C(OCC(COC(=O)C1CC2C=CC1C2)COC(O)C1CC2C=CC1C2)C1CC2C=CC1C2. The first kappa shape index (κ1) is 22.5. The molecule has 6 aliphatic carbocycles. The van der Waals surface area contributed by atoms with Crippen LogP contribution in [0.2, 0.25) is 0 Å². The smallest absolute Gasteiger partial charge is 0.309 e. The molecule has 0 aliphatic heterocycles. The molecule has 1 N–H and O–H groups in total. The number of aliphatic hydroxyl groups excluding tert-OH is 1. The number of carbonyl (C=O) groups is 2. The molecule has 3 saturated carbocycles. The Labute approximate surface area is 201 Å². The second kappa shape index (κ2) is 9.27. The lowest BCUT2D eigenvalue weighted by Gasteiger charge is -2.27. The van der Waals surface area contributed by atoms with Crippen molar-refractivity contribution < 1.29 is 28.9 Å². The fourth-order valence-electron chi connectivity index (χ4n) is 7.37. The maximum absolute atomic E-state index is 12.7. The van der Waals surface area contributed by atoms with Crippen molar-refractivity contribution in [1.82, 2.24) is 0 Å². The van der Waals surface area contributed by atoms with Crippen LogP contribution >= 0.6 is 0 Å². The van der Waals surface area contributed by atoms with Crippen LogP contribution in [0.3, 0.4) is 0 Å². The number of hydrogen-bond acceptors (Lipinski definition) is 6. The van der Waals surface area contributed by atoms with Gasteiger partial charge in [-0.2, -0.15) is 0 Å². The summed E-state index contributed by atoms with van der Waals surface area (Å²) in [6, 6.07) is 0. The van der Waals surface area contributed by atoms with Crippen LogP contribution in [0.15, 0.2) is 36.5 Å². The van der Waals surface area contributed by atoms with Crippen LogP contribution in [-0.4, -0.2) is 43.2 Å². The van der Waals surface area contributed by atoms with Gasteiger partial charge in [0.15, 0.2) is 6.29 Å². The number of esters is 2. The third kappa shape index (κ3) is 4.39. The number of fused-ring (bicyclic) bond motifs is 6. The largest absolute Gasteiger partial charge is 0.465 e. The Morgan fingerprint density at radius 3 is 1.59 bits per heavy atom. The van der Waals surface area contributed by atoms with Crippen LogP contribution in [0.1, 0.15) is 38.5 Å². The Bertz CT molecular complexity index is 841. The number of rotatable bonds is 10. The van der Waals surface area contributed by atoms with Gasteiger partial charge in [-0.1, -0.05) is 36.5 Å². The lowest BCUT2D eigenvalue weighted by Crippen LogP contribution is -2.33. The molecule has 6 aliphatic rings. The fraction of sp³-hybridized carbons (Fsp3) is 0.714. The van der Waals surface area contributed by atoms with Crippen LogP contribution < -0.4 is 0 Å². The average molecular weight is 469 g/mol. The van der Waals surface area contributed by atoms with Gasteiger partial charge in [-0.15, -0.1) is 0 Å². The van der Waals surface area contributed by atoms with Crippen molar-refractivity contribution in [1.29, 1.82) is 0 Å². The summed E-state index contributed by atoms with van der Waals surface area (Å²) < 4.78 is 17.3. The van der Waals surface area contributed by atoms with Crippen molar-refractivity contribution in [2.75, 3.05) is 19.8 Å². The van der Waals surface area contributed by atoms with E-state index in [9.17, 15) is 14.7 Å². The lowest BCUT2D eigenvalue weighted by molar-refractivity contribution is -0.168. The average Bonchev–Trinajstić information content (AvgIpc) is 3.69. The maximum atomic E-state index is 12.7. The van der Waals surface area contributed by atoms with Crippen molar-refractivity contribution in [3.8, 4) is 0 Å². The molecule has 184 valence electrons. The van der Waals surface area contributed by atoms with Gasteiger partial charge in [0.25, 0.3) is 0 Å². The third-order valence-corrected chi connectivity index (χ3v) is 9.29. The zero-order chi connectivity index (χ0) is 23.2. The number of hydrogen-bond donors (Lipinski definition) is 1. The summed E-state index contributed by atoms with van der Waals surface area (Å²) in [4.78, 5) is 25.5. The minimum absolute atomic E-state index is 0.0636. The summed E-state index contributed by atoms with van der Waals surface area (Å²) >= 11 is 0. The number of aliphatic hydroxyl groups is 1. The van der Waals surface area contributed by atoms with Crippen LogP contribution in [0, 0.1) is 59.2 Å². The van der Waals surface area contributed by atoms with Crippen molar-refractivity contribution in [2.45, 2.75) is 44.8 Å². The molecule has 0 radical (unpaired) electrons. The number of ether oxygens (including phenoxy) is 3. The quantitative estimate of drug-likeness (QED) is 0.299. The Kier molecular flexibility index (Phi) is 6.14. The molecule has 34 heavy (non-hydrogen) atoms. The van der Waals surface area contributed by atoms with Gasteiger partial charge in [-0.3, -0.25) is 9.59 Å². The molecule has 6 heteroatoms. The van der Waals surface area contributed by atoms with E-state index in [1.165, 1.54) is 0 Å². The highest BCUT2D eigenvalue weighted by molar-refractivity contribution is 5.74. The van der Waals surface area contributed by atoms with Gasteiger partial charge < -0.3 is 19.3 Å². The van der Waals surface area contributed by atoms with E-state index in [0.29, 0.717) is 35.5 Å². The molecule has 6 bridgehead atoms. The van der Waals surface area contributed by atoms with Crippen molar-refractivity contribution in [3.63, 3.8) is 0 Å². The first-order valence-corrected chi connectivity index (χ1v) is 13.2. The predicted octanol–water partition coefficient (Wildman–Crippen LogP) is 3.66.